The molecule has 1 aromatic carbocycles. The van der Waals surface area contributed by atoms with E-state index in [0.717, 1.165) is 60.6 Å². The zero-order chi connectivity index (χ0) is 21.7. The number of aryl methyl sites for hydroxylation is 3. The van der Waals surface area contributed by atoms with E-state index >= 15 is 0 Å². The monoisotopic (exact) mass is 423 g/mol. The molecule has 2 aromatic heterocycles. The third-order valence-corrected chi connectivity index (χ3v) is 6.80. The van der Waals surface area contributed by atoms with Crippen molar-refractivity contribution in [1.29, 1.82) is 0 Å². The molecule has 5 rings (SSSR count). The van der Waals surface area contributed by atoms with E-state index in [2.05, 4.69) is 0 Å². The molecule has 1 aliphatic carbocycles. The quantitative estimate of drug-likeness (QED) is 0.644. The molecule has 0 unspecified atom stereocenters. The minimum absolute atomic E-state index is 0.157. The highest BCUT2D eigenvalue weighted by Gasteiger charge is 2.32. The van der Waals surface area contributed by atoms with Crippen molar-refractivity contribution in [3.05, 3.63) is 45.0 Å². The van der Waals surface area contributed by atoms with Crippen molar-refractivity contribution in [2.24, 2.45) is 0 Å². The molecule has 0 saturated carbocycles. The summed E-state index contributed by atoms with van der Waals surface area (Å²) in [5.41, 5.74) is 2.84. The Morgan fingerprint density at radius 3 is 2.65 bits per heavy atom. The number of benzene rings is 1. The van der Waals surface area contributed by atoms with Gasteiger partial charge in [0.2, 0.25) is 5.91 Å². The van der Waals surface area contributed by atoms with Crippen LogP contribution in [0.3, 0.4) is 0 Å². The average Bonchev–Trinajstić information content (AvgIpc) is 3.12. The van der Waals surface area contributed by atoms with Crippen LogP contribution in [-0.2, 0) is 28.9 Å². The number of furan rings is 1. The van der Waals surface area contributed by atoms with Gasteiger partial charge in [-0.15, -0.1) is 0 Å². The SMILES string of the molecule is Cc1c(CC(=O)N2CCCC[C@@H]2C(=O)O)c(=O)oc2cc3oc4c(c3cc12)CCCC4. The van der Waals surface area contributed by atoms with Crippen molar-refractivity contribution in [3.8, 4) is 0 Å². The topological polar surface area (TPSA) is 101 Å². The lowest BCUT2D eigenvalue weighted by Crippen LogP contribution is -2.48. The zero-order valence-corrected chi connectivity index (χ0v) is 17.5. The van der Waals surface area contributed by atoms with E-state index in [4.69, 9.17) is 8.83 Å². The van der Waals surface area contributed by atoms with Crippen LogP contribution in [0.2, 0.25) is 0 Å². The minimum atomic E-state index is -0.998. The molecule has 31 heavy (non-hydrogen) atoms. The molecular formula is C24H25NO6. The number of likely N-dealkylation sites (tertiary alicyclic amines) is 1. The Hall–Kier alpha value is -3.09. The van der Waals surface area contributed by atoms with Gasteiger partial charge in [-0.2, -0.15) is 0 Å². The summed E-state index contributed by atoms with van der Waals surface area (Å²) in [5, 5.41) is 11.3. The molecule has 0 radical (unpaired) electrons. The van der Waals surface area contributed by atoms with Gasteiger partial charge in [-0.3, -0.25) is 4.79 Å². The van der Waals surface area contributed by atoms with Crippen LogP contribution in [-0.4, -0.2) is 34.5 Å². The lowest BCUT2D eigenvalue weighted by Gasteiger charge is -2.33. The average molecular weight is 423 g/mol. The van der Waals surface area contributed by atoms with Crippen molar-refractivity contribution < 1.29 is 23.5 Å². The summed E-state index contributed by atoms with van der Waals surface area (Å²) >= 11 is 0. The van der Waals surface area contributed by atoms with Crippen LogP contribution in [0.15, 0.2) is 25.8 Å². The third-order valence-electron chi connectivity index (χ3n) is 6.80. The van der Waals surface area contributed by atoms with Crippen molar-refractivity contribution in [3.63, 3.8) is 0 Å². The van der Waals surface area contributed by atoms with E-state index < -0.39 is 17.6 Å². The van der Waals surface area contributed by atoms with Crippen LogP contribution in [0.5, 0.6) is 0 Å². The maximum absolute atomic E-state index is 13.0. The summed E-state index contributed by atoms with van der Waals surface area (Å²) in [4.78, 5) is 38.6. The predicted octanol–water partition coefficient (Wildman–Crippen LogP) is 3.73. The Kier molecular flexibility index (Phi) is 4.84. The first-order valence-electron chi connectivity index (χ1n) is 11.0. The Labute approximate surface area is 178 Å². The Morgan fingerprint density at radius 1 is 1.06 bits per heavy atom. The van der Waals surface area contributed by atoms with E-state index in [1.165, 1.54) is 10.5 Å². The van der Waals surface area contributed by atoms with Gasteiger partial charge in [0.1, 0.15) is 23.0 Å². The van der Waals surface area contributed by atoms with Gasteiger partial charge < -0.3 is 18.8 Å². The van der Waals surface area contributed by atoms with Crippen LogP contribution in [0.25, 0.3) is 21.9 Å². The standard InChI is InChI=1S/C24H25NO6/c1-13-15-10-17-14-6-2-3-8-19(14)30-21(17)12-20(15)31-24(29)16(13)11-22(26)25-9-5-4-7-18(25)23(27)28/h10,12,18H,2-9,11H2,1H3,(H,27,28)/t18-/m1/s1. The number of piperidine rings is 1. The number of nitrogens with zero attached hydrogens (tertiary/aromatic N) is 1. The van der Waals surface area contributed by atoms with Gasteiger partial charge in [-0.1, -0.05) is 0 Å². The smallest absolute Gasteiger partial charge is 0.340 e. The molecule has 1 fully saturated rings. The highest BCUT2D eigenvalue weighted by Crippen LogP contribution is 2.35. The maximum atomic E-state index is 13.0. The van der Waals surface area contributed by atoms with Gasteiger partial charge in [0.25, 0.3) is 0 Å². The first-order chi connectivity index (χ1) is 14.9. The lowest BCUT2D eigenvalue weighted by molar-refractivity contribution is -0.151. The van der Waals surface area contributed by atoms with Crippen LogP contribution in [0, 0.1) is 6.92 Å². The van der Waals surface area contributed by atoms with Crippen LogP contribution in [0.1, 0.15) is 54.6 Å². The van der Waals surface area contributed by atoms with Gasteiger partial charge in [-0.25, -0.2) is 9.59 Å². The van der Waals surface area contributed by atoms with Gasteiger partial charge in [0.05, 0.1) is 12.0 Å². The number of rotatable bonds is 3. The van der Waals surface area contributed by atoms with Gasteiger partial charge in [0.15, 0.2) is 0 Å². The molecule has 7 nitrogen and oxygen atoms in total. The Morgan fingerprint density at radius 2 is 1.84 bits per heavy atom. The molecular weight excluding hydrogens is 398 g/mol. The van der Waals surface area contributed by atoms with E-state index in [1.54, 1.807) is 6.07 Å². The summed E-state index contributed by atoms with van der Waals surface area (Å²) in [6.07, 6.45) is 5.96. The minimum Gasteiger partial charge on any atom is -0.480 e. The predicted molar refractivity (Wildman–Crippen MR) is 114 cm³/mol. The van der Waals surface area contributed by atoms with Crippen LogP contribution in [0.4, 0.5) is 0 Å². The molecule has 1 saturated heterocycles. The fourth-order valence-electron chi connectivity index (χ4n) is 5.09. The number of carbonyl (C=O) groups excluding carboxylic acids is 1. The highest BCUT2D eigenvalue weighted by molar-refractivity contribution is 5.97. The molecule has 0 bridgehead atoms. The fraction of sp³-hybridized carbons (Fsp3) is 0.458. The summed E-state index contributed by atoms with van der Waals surface area (Å²) in [6, 6.07) is 2.95. The van der Waals surface area contributed by atoms with E-state index in [-0.39, 0.29) is 12.3 Å². The number of carboxylic acid groups (broad SMARTS) is 1. The van der Waals surface area contributed by atoms with Crippen molar-refractivity contribution >= 4 is 33.8 Å². The molecule has 3 aromatic rings. The molecule has 1 aliphatic heterocycles. The molecule has 3 heterocycles. The molecule has 0 spiro atoms. The highest BCUT2D eigenvalue weighted by atomic mass is 16.4. The summed E-state index contributed by atoms with van der Waals surface area (Å²) in [5.74, 6) is -0.331. The Balaban J connectivity index is 1.55. The maximum Gasteiger partial charge on any atom is 0.340 e. The summed E-state index contributed by atoms with van der Waals surface area (Å²) in [6.45, 7) is 2.22. The van der Waals surface area contributed by atoms with Gasteiger partial charge >= 0.3 is 11.6 Å². The number of carbonyl (C=O) groups is 2. The number of hydrogen-bond acceptors (Lipinski definition) is 5. The second-order valence-corrected chi connectivity index (χ2v) is 8.66. The second-order valence-electron chi connectivity index (χ2n) is 8.66. The fourth-order valence-corrected chi connectivity index (χ4v) is 5.09. The van der Waals surface area contributed by atoms with Crippen molar-refractivity contribution in [2.45, 2.75) is 64.3 Å². The molecule has 1 N–H and O–H groups in total. The van der Waals surface area contributed by atoms with Crippen molar-refractivity contribution in [2.75, 3.05) is 6.54 Å². The zero-order valence-electron chi connectivity index (χ0n) is 17.5. The molecule has 1 atom stereocenters. The largest absolute Gasteiger partial charge is 0.480 e. The van der Waals surface area contributed by atoms with E-state index in [0.29, 0.717) is 29.7 Å². The van der Waals surface area contributed by atoms with Crippen molar-refractivity contribution in [1.82, 2.24) is 4.90 Å². The number of amides is 1. The van der Waals surface area contributed by atoms with E-state index in [1.807, 2.05) is 13.0 Å². The molecule has 7 heteroatoms. The van der Waals surface area contributed by atoms with Gasteiger partial charge in [0, 0.05) is 35.4 Å². The van der Waals surface area contributed by atoms with Gasteiger partial charge in [-0.05, 0) is 57.1 Å². The number of aliphatic carboxylic acids is 1. The number of carboxylic acids is 1. The summed E-state index contributed by atoms with van der Waals surface area (Å²) in [7, 11) is 0. The first-order valence-corrected chi connectivity index (χ1v) is 11.0. The summed E-state index contributed by atoms with van der Waals surface area (Å²) < 4.78 is 11.6. The lowest BCUT2D eigenvalue weighted by atomic mass is 9.94. The van der Waals surface area contributed by atoms with E-state index in [9.17, 15) is 19.5 Å². The van der Waals surface area contributed by atoms with Crippen LogP contribution < -0.4 is 5.63 Å². The second kappa shape index (κ2) is 7.55. The number of hydrogen-bond donors (Lipinski definition) is 1. The molecule has 2 aliphatic rings. The number of fused-ring (bicyclic) bond motifs is 4. The first kappa shape index (κ1) is 19.8. The molecule has 162 valence electrons. The normalized spacial score (nSPS) is 19.0. The third kappa shape index (κ3) is 3.32. The van der Waals surface area contributed by atoms with Crippen LogP contribution >= 0.6 is 0 Å². The molecule has 1 amide bonds. The Bertz CT molecular complexity index is 1270.